The Morgan fingerprint density at radius 2 is 1.57 bits per heavy atom. The van der Waals surface area contributed by atoms with Crippen LogP contribution in [-0.2, 0) is 19.2 Å². The van der Waals surface area contributed by atoms with Crippen LogP contribution >= 0.6 is 11.8 Å². The predicted molar refractivity (Wildman–Crippen MR) is 107 cm³/mol. The first-order valence-electron chi connectivity index (χ1n) is 9.02. The van der Waals surface area contributed by atoms with Crippen LogP contribution in [0.3, 0.4) is 0 Å². The van der Waals surface area contributed by atoms with Gasteiger partial charge < -0.3 is 31.9 Å². The molecule has 7 N–H and O–H groups in total. The Kier molecular flexibility index (Phi) is 12.5. The molecule has 0 saturated carbocycles. The Morgan fingerprint density at radius 3 is 2.04 bits per heavy atom. The second-order valence-corrected chi connectivity index (χ2v) is 7.90. The molecule has 0 spiro atoms. The molecular weight excluding hydrogens is 388 g/mol. The molecule has 3 amide bonds. The van der Waals surface area contributed by atoms with E-state index in [0.29, 0.717) is 18.6 Å². The number of carboxylic acids is 1. The molecule has 4 atom stereocenters. The summed E-state index contributed by atoms with van der Waals surface area (Å²) in [5.74, 6) is -2.42. The van der Waals surface area contributed by atoms with Gasteiger partial charge >= 0.3 is 5.97 Å². The summed E-state index contributed by atoms with van der Waals surface area (Å²) >= 11 is 1.47. The number of aliphatic hydroxyl groups excluding tert-OH is 1. The lowest BCUT2D eigenvalue weighted by atomic mass is 10.0. The average molecular weight is 421 g/mol. The Labute approximate surface area is 169 Å². The molecule has 4 unspecified atom stereocenters. The van der Waals surface area contributed by atoms with Crippen molar-refractivity contribution in [3.05, 3.63) is 0 Å². The lowest BCUT2D eigenvalue weighted by molar-refractivity contribution is -0.138. The first-order chi connectivity index (χ1) is 13.0. The van der Waals surface area contributed by atoms with Gasteiger partial charge in [0.2, 0.25) is 17.7 Å². The number of carbonyl (C=O) groups is 4. The van der Waals surface area contributed by atoms with Gasteiger partial charge in [0.15, 0.2) is 0 Å². The zero-order chi connectivity index (χ0) is 21.9. The summed E-state index contributed by atoms with van der Waals surface area (Å²) in [5.41, 5.74) is 5.61. The Hall–Kier alpha value is -1.85. The summed E-state index contributed by atoms with van der Waals surface area (Å²) < 4.78 is 0. The van der Waals surface area contributed by atoms with E-state index in [2.05, 4.69) is 16.0 Å². The number of aliphatic hydroxyl groups is 1. The van der Waals surface area contributed by atoms with Crippen molar-refractivity contribution in [2.24, 2.45) is 11.7 Å². The molecule has 11 heteroatoms. The fourth-order valence-corrected chi connectivity index (χ4v) is 2.72. The lowest BCUT2D eigenvalue weighted by Crippen LogP contribution is -2.57. The maximum atomic E-state index is 12.7. The summed E-state index contributed by atoms with van der Waals surface area (Å²) in [6, 6.07) is -3.06. The van der Waals surface area contributed by atoms with Crippen molar-refractivity contribution in [1.29, 1.82) is 0 Å². The highest BCUT2D eigenvalue weighted by Gasteiger charge is 2.29. The van der Waals surface area contributed by atoms with E-state index in [0.717, 1.165) is 0 Å². The maximum Gasteiger partial charge on any atom is 0.322 e. The van der Waals surface area contributed by atoms with E-state index in [1.165, 1.54) is 18.7 Å². The number of rotatable bonds is 13. The van der Waals surface area contributed by atoms with Crippen molar-refractivity contribution in [2.45, 2.75) is 57.8 Å². The minimum absolute atomic E-state index is 0.0595. The molecule has 0 rings (SSSR count). The highest BCUT2D eigenvalue weighted by molar-refractivity contribution is 7.98. The van der Waals surface area contributed by atoms with Gasteiger partial charge in [-0.15, -0.1) is 0 Å². The molecule has 0 aromatic heterocycles. The number of nitrogens with two attached hydrogens (primary N) is 1. The summed E-state index contributed by atoms with van der Waals surface area (Å²) in [4.78, 5) is 47.7. The zero-order valence-electron chi connectivity index (χ0n) is 16.7. The van der Waals surface area contributed by atoms with Gasteiger partial charge in [-0.3, -0.25) is 19.2 Å². The summed E-state index contributed by atoms with van der Waals surface area (Å²) in [5, 5.41) is 25.5. The monoisotopic (exact) mass is 420 g/mol. The fraction of sp³-hybridized carbons (Fsp3) is 0.765. The van der Waals surface area contributed by atoms with Crippen molar-refractivity contribution in [1.82, 2.24) is 16.0 Å². The van der Waals surface area contributed by atoms with E-state index >= 15 is 0 Å². The highest BCUT2D eigenvalue weighted by atomic mass is 32.2. The third-order valence-electron chi connectivity index (χ3n) is 3.82. The highest BCUT2D eigenvalue weighted by Crippen LogP contribution is 2.08. The van der Waals surface area contributed by atoms with Gasteiger partial charge in [-0.25, -0.2) is 0 Å². The number of nitrogens with one attached hydrogen (secondary N) is 3. The van der Waals surface area contributed by atoms with E-state index in [-0.39, 0.29) is 5.92 Å². The van der Waals surface area contributed by atoms with Crippen molar-refractivity contribution in [2.75, 3.05) is 18.6 Å². The number of thioether (sulfide) groups is 1. The Morgan fingerprint density at radius 1 is 1.00 bits per heavy atom. The van der Waals surface area contributed by atoms with Gasteiger partial charge in [0.25, 0.3) is 0 Å². The van der Waals surface area contributed by atoms with E-state index in [9.17, 15) is 24.3 Å². The molecule has 0 heterocycles. The molecule has 0 fully saturated rings. The van der Waals surface area contributed by atoms with Gasteiger partial charge in [0, 0.05) is 0 Å². The number of amides is 3. The van der Waals surface area contributed by atoms with Crippen molar-refractivity contribution in [3.63, 3.8) is 0 Å². The van der Waals surface area contributed by atoms with Crippen LogP contribution in [0.15, 0.2) is 0 Å². The van der Waals surface area contributed by atoms with Gasteiger partial charge in [-0.1, -0.05) is 13.8 Å². The molecule has 0 aliphatic rings. The molecule has 0 aliphatic heterocycles. The third kappa shape index (κ3) is 10.5. The number of carboxylic acid groups (broad SMARTS) is 1. The average Bonchev–Trinajstić information content (AvgIpc) is 2.60. The largest absolute Gasteiger partial charge is 0.480 e. The van der Waals surface area contributed by atoms with Crippen molar-refractivity contribution < 1.29 is 29.4 Å². The van der Waals surface area contributed by atoms with Crippen LogP contribution < -0.4 is 21.7 Å². The quantitative estimate of drug-likeness (QED) is 0.213. The SMILES string of the molecule is CSCCC(NC(=O)C(CC(C)C)NC(=O)C(N)C(C)O)C(=O)NCC(=O)O. The first kappa shape index (κ1) is 26.1. The zero-order valence-corrected chi connectivity index (χ0v) is 17.5. The Balaban J connectivity index is 5.19. The molecule has 28 heavy (non-hydrogen) atoms. The minimum atomic E-state index is -1.19. The topological polar surface area (TPSA) is 171 Å². The number of carbonyl (C=O) groups excluding carboxylic acids is 3. The first-order valence-corrected chi connectivity index (χ1v) is 10.4. The van der Waals surface area contributed by atoms with E-state index < -0.39 is 54.5 Å². The minimum Gasteiger partial charge on any atom is -0.480 e. The van der Waals surface area contributed by atoms with Crippen LogP contribution in [0.25, 0.3) is 0 Å². The van der Waals surface area contributed by atoms with Gasteiger partial charge in [-0.2, -0.15) is 11.8 Å². The second kappa shape index (κ2) is 13.3. The van der Waals surface area contributed by atoms with Crippen LogP contribution in [0.5, 0.6) is 0 Å². The predicted octanol–water partition coefficient (Wildman–Crippen LogP) is -1.34. The fourth-order valence-electron chi connectivity index (χ4n) is 2.25. The lowest BCUT2D eigenvalue weighted by Gasteiger charge is -2.25. The van der Waals surface area contributed by atoms with Crippen LogP contribution in [0, 0.1) is 5.92 Å². The Bertz CT molecular complexity index is 544. The van der Waals surface area contributed by atoms with Crippen LogP contribution in [0.2, 0.25) is 0 Å². The van der Waals surface area contributed by atoms with E-state index in [4.69, 9.17) is 10.8 Å². The van der Waals surface area contributed by atoms with Gasteiger partial charge in [0.1, 0.15) is 24.7 Å². The molecule has 0 aromatic rings. The van der Waals surface area contributed by atoms with Gasteiger partial charge in [0.05, 0.1) is 6.10 Å². The number of hydrogen-bond donors (Lipinski definition) is 6. The molecule has 0 aliphatic carbocycles. The molecular formula is C17H32N4O6S. The van der Waals surface area contributed by atoms with Crippen molar-refractivity contribution >= 4 is 35.5 Å². The molecule has 0 bridgehead atoms. The standard InChI is InChI=1S/C17H32N4O6S/c1-9(2)7-12(21-17(27)14(18)10(3)22)16(26)20-11(5-6-28-4)15(25)19-8-13(23)24/h9-12,14,22H,5-8,18H2,1-4H3,(H,19,25)(H,20,26)(H,21,27)(H,23,24). The number of hydrogen-bond acceptors (Lipinski definition) is 7. The molecule has 0 saturated heterocycles. The molecule has 10 nitrogen and oxygen atoms in total. The number of aliphatic carboxylic acids is 1. The molecule has 162 valence electrons. The van der Waals surface area contributed by atoms with Crippen LogP contribution in [-0.4, -0.2) is 76.7 Å². The molecule has 0 radical (unpaired) electrons. The maximum absolute atomic E-state index is 12.7. The van der Waals surface area contributed by atoms with Crippen LogP contribution in [0.4, 0.5) is 0 Å². The van der Waals surface area contributed by atoms with E-state index in [1.807, 2.05) is 20.1 Å². The van der Waals surface area contributed by atoms with Crippen LogP contribution in [0.1, 0.15) is 33.6 Å². The summed E-state index contributed by atoms with van der Waals surface area (Å²) in [6.07, 6.45) is 1.36. The summed E-state index contributed by atoms with van der Waals surface area (Å²) in [6.45, 7) is 4.55. The second-order valence-electron chi connectivity index (χ2n) is 6.91. The van der Waals surface area contributed by atoms with Gasteiger partial charge in [-0.05, 0) is 37.7 Å². The normalized spacial score (nSPS) is 15.2. The van der Waals surface area contributed by atoms with Crippen molar-refractivity contribution in [3.8, 4) is 0 Å². The summed E-state index contributed by atoms with van der Waals surface area (Å²) in [7, 11) is 0. The third-order valence-corrected chi connectivity index (χ3v) is 4.46. The smallest absolute Gasteiger partial charge is 0.322 e. The molecule has 0 aromatic carbocycles. The van der Waals surface area contributed by atoms with E-state index in [1.54, 1.807) is 0 Å².